The predicted molar refractivity (Wildman–Crippen MR) is 89.4 cm³/mol. The maximum absolute atomic E-state index is 12.0. The molecule has 22 heavy (non-hydrogen) atoms. The van der Waals surface area contributed by atoms with Crippen molar-refractivity contribution < 1.29 is 14.3 Å². The van der Waals surface area contributed by atoms with E-state index in [0.717, 1.165) is 0 Å². The number of nitrogens with two attached hydrogens (primary N) is 1. The molecule has 1 unspecified atom stereocenters. The second-order valence-corrected chi connectivity index (χ2v) is 5.83. The third kappa shape index (κ3) is 6.89. The number of rotatable bonds is 5. The zero-order chi connectivity index (χ0) is 16.0. The van der Waals surface area contributed by atoms with Crippen LogP contribution in [0.25, 0.3) is 0 Å². The van der Waals surface area contributed by atoms with E-state index in [4.69, 9.17) is 10.5 Å². The topological polar surface area (TPSA) is 93.4 Å². The van der Waals surface area contributed by atoms with Crippen molar-refractivity contribution >= 4 is 29.9 Å². The van der Waals surface area contributed by atoms with Crippen molar-refractivity contribution in [3.8, 4) is 0 Å². The van der Waals surface area contributed by atoms with Gasteiger partial charge in [-0.1, -0.05) is 0 Å². The highest BCUT2D eigenvalue weighted by Gasteiger charge is 2.16. The average molecular weight is 330 g/mol. The highest BCUT2D eigenvalue weighted by Crippen LogP contribution is 2.11. The van der Waals surface area contributed by atoms with Gasteiger partial charge in [-0.15, -0.1) is 12.4 Å². The van der Waals surface area contributed by atoms with Gasteiger partial charge in [0.25, 0.3) is 5.91 Å². The Bertz CT molecular complexity index is 498. The number of methoxy groups -OCH3 is 1. The molecule has 0 aliphatic rings. The van der Waals surface area contributed by atoms with E-state index in [9.17, 15) is 9.59 Å². The number of hydrogen-bond donors (Lipinski definition) is 3. The van der Waals surface area contributed by atoms with Gasteiger partial charge in [-0.25, -0.2) is 0 Å². The number of carbonyl (C=O) groups excluding carboxylic acids is 2. The van der Waals surface area contributed by atoms with E-state index in [-0.39, 0.29) is 36.4 Å². The van der Waals surface area contributed by atoms with Gasteiger partial charge in [0.15, 0.2) is 0 Å². The molecule has 124 valence electrons. The standard InChI is InChI=1S/C15H23N3O3.ClH/c1-15(2,3)18-13(19)10-5-7-11(8-6-10)17-14(20)12(16)9-21-4;/h5-8,12H,9,16H2,1-4H3,(H,17,20)(H,18,19);1H. The fourth-order valence-electron chi connectivity index (χ4n) is 1.61. The first-order chi connectivity index (χ1) is 9.73. The molecule has 1 aromatic rings. The first-order valence-electron chi connectivity index (χ1n) is 6.71. The van der Waals surface area contributed by atoms with E-state index < -0.39 is 6.04 Å². The molecule has 0 radical (unpaired) electrons. The summed E-state index contributed by atoms with van der Waals surface area (Å²) >= 11 is 0. The monoisotopic (exact) mass is 329 g/mol. The summed E-state index contributed by atoms with van der Waals surface area (Å²) in [5.74, 6) is -0.486. The van der Waals surface area contributed by atoms with Crippen molar-refractivity contribution in [1.82, 2.24) is 5.32 Å². The van der Waals surface area contributed by atoms with Gasteiger partial charge >= 0.3 is 0 Å². The highest BCUT2D eigenvalue weighted by molar-refractivity contribution is 5.97. The van der Waals surface area contributed by atoms with Crippen molar-refractivity contribution in [3.05, 3.63) is 29.8 Å². The SMILES string of the molecule is COCC(N)C(=O)Nc1ccc(C(=O)NC(C)(C)C)cc1.Cl. The van der Waals surface area contributed by atoms with Crippen molar-refractivity contribution in [2.75, 3.05) is 19.0 Å². The van der Waals surface area contributed by atoms with Gasteiger partial charge in [-0.2, -0.15) is 0 Å². The Labute approximate surface area is 137 Å². The van der Waals surface area contributed by atoms with Crippen LogP contribution in [0.4, 0.5) is 5.69 Å². The molecule has 0 saturated heterocycles. The molecular formula is C15H24ClN3O3. The molecule has 4 N–H and O–H groups in total. The summed E-state index contributed by atoms with van der Waals surface area (Å²) in [4.78, 5) is 23.7. The number of ether oxygens (including phenoxy) is 1. The minimum atomic E-state index is -0.723. The van der Waals surface area contributed by atoms with Crippen LogP contribution in [0.3, 0.4) is 0 Å². The number of nitrogens with one attached hydrogen (secondary N) is 2. The smallest absolute Gasteiger partial charge is 0.251 e. The van der Waals surface area contributed by atoms with Gasteiger partial charge in [-0.05, 0) is 45.0 Å². The molecule has 0 saturated carbocycles. The Morgan fingerprint density at radius 3 is 2.23 bits per heavy atom. The molecule has 1 atom stereocenters. The first-order valence-corrected chi connectivity index (χ1v) is 6.71. The maximum Gasteiger partial charge on any atom is 0.251 e. The molecule has 2 amide bonds. The van der Waals surface area contributed by atoms with Crippen molar-refractivity contribution in [1.29, 1.82) is 0 Å². The molecule has 0 aliphatic heterocycles. The lowest BCUT2D eigenvalue weighted by atomic mass is 10.1. The largest absolute Gasteiger partial charge is 0.383 e. The molecule has 1 rings (SSSR count). The van der Waals surface area contributed by atoms with Gasteiger partial charge in [0.05, 0.1) is 6.61 Å². The van der Waals surface area contributed by atoms with Crippen LogP contribution < -0.4 is 16.4 Å². The third-order valence-corrected chi connectivity index (χ3v) is 2.59. The molecule has 0 aromatic heterocycles. The minimum absolute atomic E-state index is 0. The normalized spacial score (nSPS) is 12.0. The van der Waals surface area contributed by atoms with Crippen LogP contribution in [-0.2, 0) is 9.53 Å². The lowest BCUT2D eigenvalue weighted by Crippen LogP contribution is -2.40. The quantitative estimate of drug-likeness (QED) is 0.764. The zero-order valence-corrected chi connectivity index (χ0v) is 14.1. The Hall–Kier alpha value is -1.63. The Kier molecular flexibility index (Phi) is 8.08. The van der Waals surface area contributed by atoms with Gasteiger partial charge in [-0.3, -0.25) is 9.59 Å². The van der Waals surface area contributed by atoms with Gasteiger partial charge in [0.1, 0.15) is 6.04 Å². The van der Waals surface area contributed by atoms with E-state index in [0.29, 0.717) is 11.3 Å². The molecule has 0 fully saturated rings. The number of amides is 2. The lowest BCUT2D eigenvalue weighted by molar-refractivity contribution is -0.118. The van der Waals surface area contributed by atoms with Gasteiger partial charge in [0, 0.05) is 23.9 Å². The molecule has 0 heterocycles. The second-order valence-electron chi connectivity index (χ2n) is 5.83. The van der Waals surface area contributed by atoms with E-state index in [2.05, 4.69) is 10.6 Å². The first kappa shape index (κ1) is 20.4. The fourth-order valence-corrected chi connectivity index (χ4v) is 1.61. The summed E-state index contributed by atoms with van der Waals surface area (Å²) in [7, 11) is 1.48. The molecule has 1 aromatic carbocycles. The molecule has 6 nitrogen and oxygen atoms in total. The zero-order valence-electron chi connectivity index (χ0n) is 13.3. The number of anilines is 1. The molecule has 7 heteroatoms. The number of halogens is 1. The van der Waals surface area contributed by atoms with E-state index in [1.54, 1.807) is 24.3 Å². The van der Waals surface area contributed by atoms with Gasteiger partial charge < -0.3 is 21.1 Å². The van der Waals surface area contributed by atoms with Crippen LogP contribution in [0.15, 0.2) is 24.3 Å². The van der Waals surface area contributed by atoms with Crippen molar-refractivity contribution in [2.45, 2.75) is 32.4 Å². The average Bonchev–Trinajstić information content (AvgIpc) is 2.37. The van der Waals surface area contributed by atoms with Crippen LogP contribution in [0.5, 0.6) is 0 Å². The lowest BCUT2D eigenvalue weighted by Gasteiger charge is -2.20. The van der Waals surface area contributed by atoms with Crippen LogP contribution in [-0.4, -0.2) is 37.1 Å². The summed E-state index contributed by atoms with van der Waals surface area (Å²) in [6, 6.07) is 5.90. The summed E-state index contributed by atoms with van der Waals surface area (Å²) in [5, 5.41) is 5.53. The van der Waals surface area contributed by atoms with Gasteiger partial charge in [0.2, 0.25) is 5.91 Å². The molecular weight excluding hydrogens is 306 g/mol. The Morgan fingerprint density at radius 1 is 1.23 bits per heavy atom. The molecule has 0 aliphatic carbocycles. The van der Waals surface area contributed by atoms with Crippen LogP contribution in [0, 0.1) is 0 Å². The molecule has 0 bridgehead atoms. The highest BCUT2D eigenvalue weighted by atomic mass is 35.5. The van der Waals surface area contributed by atoms with Crippen LogP contribution in [0.2, 0.25) is 0 Å². The summed E-state index contributed by atoms with van der Waals surface area (Å²) in [5.41, 5.74) is 6.44. The summed E-state index contributed by atoms with van der Waals surface area (Å²) in [6.45, 7) is 5.89. The number of carbonyl (C=O) groups is 2. The fraction of sp³-hybridized carbons (Fsp3) is 0.467. The number of hydrogen-bond acceptors (Lipinski definition) is 4. The van der Waals surface area contributed by atoms with E-state index in [1.807, 2.05) is 20.8 Å². The summed E-state index contributed by atoms with van der Waals surface area (Å²) < 4.78 is 4.82. The second kappa shape index (κ2) is 8.73. The van der Waals surface area contributed by atoms with Crippen molar-refractivity contribution in [3.63, 3.8) is 0 Å². The van der Waals surface area contributed by atoms with Crippen LogP contribution in [0.1, 0.15) is 31.1 Å². The Balaban J connectivity index is 0.00000441. The van der Waals surface area contributed by atoms with Crippen molar-refractivity contribution in [2.24, 2.45) is 5.73 Å². The minimum Gasteiger partial charge on any atom is -0.383 e. The number of benzene rings is 1. The van der Waals surface area contributed by atoms with Crippen LogP contribution >= 0.6 is 12.4 Å². The maximum atomic E-state index is 12.0. The predicted octanol–water partition coefficient (Wildman–Crippen LogP) is 1.55. The van der Waals surface area contributed by atoms with E-state index >= 15 is 0 Å². The third-order valence-electron chi connectivity index (χ3n) is 2.59. The molecule has 0 spiro atoms. The summed E-state index contributed by atoms with van der Waals surface area (Å²) in [6.07, 6.45) is 0. The van der Waals surface area contributed by atoms with E-state index in [1.165, 1.54) is 7.11 Å². The Morgan fingerprint density at radius 2 is 1.77 bits per heavy atom.